The van der Waals surface area contributed by atoms with Gasteiger partial charge < -0.3 is 14.7 Å². The number of halogens is 1. The van der Waals surface area contributed by atoms with Gasteiger partial charge in [-0.15, -0.1) is 0 Å². The lowest BCUT2D eigenvalue weighted by Crippen LogP contribution is -2.39. The van der Waals surface area contributed by atoms with Crippen LogP contribution in [0.5, 0.6) is 0 Å². The van der Waals surface area contributed by atoms with Gasteiger partial charge in [-0.05, 0) is 31.5 Å². The zero-order valence-corrected chi connectivity index (χ0v) is 20.6. The summed E-state index contributed by atoms with van der Waals surface area (Å²) in [6.45, 7) is 5.68. The van der Waals surface area contributed by atoms with Gasteiger partial charge in [0, 0.05) is 31.7 Å². The quantitative estimate of drug-likeness (QED) is 0.301. The molecule has 0 bridgehead atoms. The minimum atomic E-state index is -1.04. The van der Waals surface area contributed by atoms with Crippen LogP contribution < -0.4 is 0 Å². The van der Waals surface area contributed by atoms with Gasteiger partial charge in [-0.2, -0.15) is 5.10 Å². The normalized spacial score (nSPS) is 20.1. The van der Waals surface area contributed by atoms with Gasteiger partial charge in [-0.1, -0.05) is 36.4 Å². The van der Waals surface area contributed by atoms with Gasteiger partial charge in [-0.25, -0.2) is 9.07 Å². The van der Waals surface area contributed by atoms with E-state index < -0.39 is 23.5 Å². The van der Waals surface area contributed by atoms with Crippen molar-refractivity contribution < 1.29 is 23.8 Å². The van der Waals surface area contributed by atoms with Crippen molar-refractivity contribution in [2.75, 3.05) is 39.4 Å². The molecular weight excluding hydrogens is 475 g/mol. The molecule has 2 saturated heterocycles. The lowest BCUT2D eigenvalue weighted by atomic mass is 9.95. The highest BCUT2D eigenvalue weighted by molar-refractivity contribution is 6.46. The summed E-state index contributed by atoms with van der Waals surface area (Å²) < 4.78 is 22.1. The number of benzene rings is 2. The molecule has 1 aromatic heterocycles. The molecule has 8 nitrogen and oxygen atoms in total. The number of aromatic nitrogens is 2. The van der Waals surface area contributed by atoms with Crippen LogP contribution in [0.15, 0.2) is 66.4 Å². The molecule has 2 fully saturated rings. The fourth-order valence-corrected chi connectivity index (χ4v) is 5.04. The average Bonchev–Trinajstić information content (AvgIpc) is 3.42. The maximum absolute atomic E-state index is 15.0. The van der Waals surface area contributed by atoms with Crippen molar-refractivity contribution in [1.29, 1.82) is 0 Å². The smallest absolute Gasteiger partial charge is 0.295 e. The van der Waals surface area contributed by atoms with E-state index in [0.29, 0.717) is 30.9 Å². The molecule has 0 spiro atoms. The summed E-state index contributed by atoms with van der Waals surface area (Å²) in [5.74, 6) is -2.48. The summed E-state index contributed by atoms with van der Waals surface area (Å²) >= 11 is 0. The second-order valence-electron chi connectivity index (χ2n) is 9.21. The predicted molar refractivity (Wildman–Crippen MR) is 136 cm³/mol. The van der Waals surface area contributed by atoms with Gasteiger partial charge in [0.1, 0.15) is 11.6 Å². The zero-order chi connectivity index (χ0) is 25.9. The molecule has 3 heterocycles. The SMILES string of the molecule is Cc1c(/C(O)=C2\C(=O)C(=O)N(CCCN3CCOCC3)[C@@H]2c2ccccc2F)cnn1-c1ccccc1. The minimum Gasteiger partial charge on any atom is -0.507 e. The van der Waals surface area contributed by atoms with Crippen molar-refractivity contribution in [3.8, 4) is 5.69 Å². The molecule has 2 aliphatic heterocycles. The van der Waals surface area contributed by atoms with Crippen molar-refractivity contribution in [3.05, 3.63) is 89.0 Å². The third kappa shape index (κ3) is 4.80. The van der Waals surface area contributed by atoms with E-state index in [0.717, 1.165) is 25.3 Å². The second-order valence-corrected chi connectivity index (χ2v) is 9.21. The number of aliphatic hydroxyl groups excluding tert-OH is 1. The number of aliphatic hydroxyl groups is 1. The summed E-state index contributed by atoms with van der Waals surface area (Å²) in [6, 6.07) is 14.4. The molecule has 1 N–H and O–H groups in total. The Morgan fingerprint density at radius 2 is 1.76 bits per heavy atom. The van der Waals surface area contributed by atoms with E-state index >= 15 is 4.39 Å². The third-order valence-electron chi connectivity index (χ3n) is 6.98. The van der Waals surface area contributed by atoms with Crippen LogP contribution >= 0.6 is 0 Å². The van der Waals surface area contributed by atoms with Gasteiger partial charge in [0.25, 0.3) is 11.7 Å². The van der Waals surface area contributed by atoms with Gasteiger partial charge >= 0.3 is 0 Å². The number of Topliss-reactive ketones (excluding diaryl/α,β-unsaturated/α-hetero) is 1. The fraction of sp³-hybridized carbons (Fsp3) is 0.321. The Balaban J connectivity index is 1.52. The number of carbonyl (C=O) groups excluding carboxylic acids is 2. The Morgan fingerprint density at radius 3 is 2.49 bits per heavy atom. The lowest BCUT2D eigenvalue weighted by Gasteiger charge is -2.29. The largest absolute Gasteiger partial charge is 0.507 e. The first kappa shape index (κ1) is 24.9. The molecule has 2 aromatic carbocycles. The maximum atomic E-state index is 15.0. The monoisotopic (exact) mass is 504 g/mol. The Bertz CT molecular complexity index is 1330. The molecule has 0 saturated carbocycles. The average molecular weight is 505 g/mol. The molecule has 0 radical (unpaired) electrons. The standard InChI is InChI=1S/C28H29FN4O4/c1-19-22(18-30-33(19)20-8-3-2-4-9-20)26(34)24-25(21-10-5-6-11-23(21)29)32(28(36)27(24)35)13-7-12-31-14-16-37-17-15-31/h2-6,8-11,18,25,34H,7,12-17H2,1H3/b26-24+/t25-/m1/s1. The highest BCUT2D eigenvalue weighted by Crippen LogP contribution is 2.40. The zero-order valence-electron chi connectivity index (χ0n) is 20.6. The molecule has 0 unspecified atom stereocenters. The van der Waals surface area contributed by atoms with Crippen molar-refractivity contribution in [2.45, 2.75) is 19.4 Å². The number of hydrogen-bond acceptors (Lipinski definition) is 6. The maximum Gasteiger partial charge on any atom is 0.295 e. The van der Waals surface area contributed by atoms with Crippen molar-refractivity contribution in [3.63, 3.8) is 0 Å². The molecule has 5 rings (SSSR count). The molecule has 192 valence electrons. The lowest BCUT2D eigenvalue weighted by molar-refractivity contribution is -0.140. The molecule has 9 heteroatoms. The summed E-state index contributed by atoms with van der Waals surface area (Å²) in [4.78, 5) is 30.1. The fourth-order valence-electron chi connectivity index (χ4n) is 5.04. The number of morpholine rings is 1. The van der Waals surface area contributed by atoms with Crippen LogP contribution in [0.25, 0.3) is 11.4 Å². The van der Waals surface area contributed by atoms with Crippen LogP contribution in [0.3, 0.4) is 0 Å². The van der Waals surface area contributed by atoms with Gasteiger partial charge in [-0.3, -0.25) is 14.5 Å². The van der Waals surface area contributed by atoms with E-state index in [-0.39, 0.29) is 23.4 Å². The van der Waals surface area contributed by atoms with E-state index in [1.165, 1.54) is 17.2 Å². The van der Waals surface area contributed by atoms with Gasteiger partial charge in [0.15, 0.2) is 0 Å². The van der Waals surface area contributed by atoms with Crippen LogP contribution in [-0.2, 0) is 14.3 Å². The molecule has 0 aliphatic carbocycles. The van der Waals surface area contributed by atoms with Crippen LogP contribution in [0.1, 0.15) is 29.3 Å². The number of likely N-dealkylation sites (tertiary alicyclic amines) is 1. The summed E-state index contributed by atoms with van der Waals surface area (Å²) in [5.41, 5.74) is 1.74. The van der Waals surface area contributed by atoms with Crippen molar-refractivity contribution in [1.82, 2.24) is 19.6 Å². The Morgan fingerprint density at radius 1 is 1.05 bits per heavy atom. The van der Waals surface area contributed by atoms with Crippen LogP contribution in [0.4, 0.5) is 4.39 Å². The Labute approximate surface area is 214 Å². The number of nitrogens with zero attached hydrogens (tertiary/aromatic N) is 4. The first-order chi connectivity index (χ1) is 18.0. The van der Waals surface area contributed by atoms with Crippen LogP contribution in [-0.4, -0.2) is 75.8 Å². The van der Waals surface area contributed by atoms with E-state index in [2.05, 4.69) is 10.00 Å². The number of carbonyl (C=O) groups is 2. The predicted octanol–water partition coefficient (Wildman–Crippen LogP) is 3.46. The highest BCUT2D eigenvalue weighted by atomic mass is 19.1. The number of rotatable bonds is 7. The molecule has 37 heavy (non-hydrogen) atoms. The summed E-state index contributed by atoms with van der Waals surface area (Å²) in [5, 5.41) is 15.8. The Kier molecular flexibility index (Phi) is 7.16. The molecule has 3 aromatic rings. The van der Waals surface area contributed by atoms with E-state index in [1.807, 2.05) is 30.3 Å². The topological polar surface area (TPSA) is 87.9 Å². The van der Waals surface area contributed by atoms with E-state index in [4.69, 9.17) is 4.74 Å². The summed E-state index contributed by atoms with van der Waals surface area (Å²) in [6.07, 6.45) is 2.06. The van der Waals surface area contributed by atoms with Crippen molar-refractivity contribution in [2.24, 2.45) is 0 Å². The van der Waals surface area contributed by atoms with Crippen LogP contribution in [0.2, 0.25) is 0 Å². The number of ether oxygens (including phenoxy) is 1. The second kappa shape index (κ2) is 10.7. The molecule has 1 atom stereocenters. The molecular formula is C28H29FN4O4. The summed E-state index contributed by atoms with van der Waals surface area (Å²) in [7, 11) is 0. The highest BCUT2D eigenvalue weighted by Gasteiger charge is 2.47. The number of hydrogen-bond donors (Lipinski definition) is 1. The first-order valence-corrected chi connectivity index (χ1v) is 12.4. The number of ketones is 1. The molecule has 1 amide bonds. The first-order valence-electron chi connectivity index (χ1n) is 12.4. The number of para-hydroxylation sites is 1. The number of amides is 1. The molecule has 2 aliphatic rings. The van der Waals surface area contributed by atoms with Crippen LogP contribution in [0, 0.1) is 12.7 Å². The minimum absolute atomic E-state index is 0.128. The van der Waals surface area contributed by atoms with E-state index in [9.17, 15) is 14.7 Å². The van der Waals surface area contributed by atoms with E-state index in [1.54, 1.807) is 29.8 Å². The van der Waals surface area contributed by atoms with Gasteiger partial charge in [0.05, 0.1) is 48.0 Å². The van der Waals surface area contributed by atoms with Crippen molar-refractivity contribution >= 4 is 17.4 Å². The third-order valence-corrected chi connectivity index (χ3v) is 6.98. The van der Waals surface area contributed by atoms with Gasteiger partial charge in [0.2, 0.25) is 0 Å². The Hall–Kier alpha value is -3.82.